The van der Waals surface area contributed by atoms with Crippen LogP contribution < -0.4 is 4.74 Å². The molecule has 1 N–H and O–H groups in total. The number of methoxy groups -OCH3 is 1. The molecule has 0 bridgehead atoms. The molecule has 2 fully saturated rings. The van der Waals surface area contributed by atoms with Crippen LogP contribution in [0.5, 0.6) is 5.75 Å². The van der Waals surface area contributed by atoms with Gasteiger partial charge in [-0.05, 0) is 79.6 Å². The highest BCUT2D eigenvalue weighted by Gasteiger charge is 2.71. The van der Waals surface area contributed by atoms with Crippen molar-refractivity contribution in [3.8, 4) is 18.1 Å². The number of ether oxygens (including phenoxy) is 2. The molecule has 198 valence electrons. The summed E-state index contributed by atoms with van der Waals surface area (Å²) < 4.78 is 55.8. The van der Waals surface area contributed by atoms with Crippen LogP contribution in [0.3, 0.4) is 0 Å². The average molecular weight is 515 g/mol. The highest BCUT2D eigenvalue weighted by Crippen LogP contribution is 2.69. The van der Waals surface area contributed by atoms with E-state index in [2.05, 4.69) is 0 Å². The van der Waals surface area contributed by atoms with Crippen LogP contribution in [0.1, 0.15) is 63.4 Å². The number of terminal acetylenes is 1. The van der Waals surface area contributed by atoms with Crippen molar-refractivity contribution in [2.75, 3.05) is 20.3 Å². The third kappa shape index (κ3) is 3.95. The first-order valence-electron chi connectivity index (χ1n) is 13.0. The predicted molar refractivity (Wildman–Crippen MR) is 133 cm³/mol. The van der Waals surface area contributed by atoms with Gasteiger partial charge in [0.1, 0.15) is 23.8 Å². The Kier molecular flexibility index (Phi) is 6.57. The predicted octanol–water partition coefficient (Wildman–Crippen LogP) is 5.75. The summed E-state index contributed by atoms with van der Waals surface area (Å²) in [6.45, 7) is 2.25. The van der Waals surface area contributed by atoms with Gasteiger partial charge < -0.3 is 14.6 Å². The van der Waals surface area contributed by atoms with Crippen LogP contribution >= 0.6 is 0 Å². The molecule has 0 aromatic heterocycles. The second-order valence-corrected chi connectivity index (χ2v) is 11.1. The lowest BCUT2D eigenvalue weighted by atomic mass is 9.50. The number of allylic oxidation sites excluding steroid dienone is 4. The van der Waals surface area contributed by atoms with E-state index < -0.39 is 28.7 Å². The van der Waals surface area contributed by atoms with Gasteiger partial charge in [-0.1, -0.05) is 18.6 Å². The topological polar surface area (TPSA) is 55.8 Å². The number of aliphatic hydroxyl groups is 1. The number of hydrogen-bond acceptors (Lipinski definition) is 4. The Bertz CT molecular complexity index is 1210. The maximum absolute atomic E-state index is 15.2. The zero-order valence-electron chi connectivity index (χ0n) is 21.3. The SMILES string of the molecule is C#CC(F)(F)[C@]1(O)CCC2C3CCC4=CC(=O)CCC4=C3[C@@H](c3ccc(F)cc3OCCOC)C[C@@]21C. The molecule has 7 heteroatoms. The molecule has 1 aromatic rings. The Morgan fingerprint density at radius 2 is 2.00 bits per heavy atom. The molecule has 0 heterocycles. The van der Waals surface area contributed by atoms with E-state index in [9.17, 15) is 14.3 Å². The first-order valence-corrected chi connectivity index (χ1v) is 13.0. The van der Waals surface area contributed by atoms with Crippen LogP contribution in [0, 0.1) is 35.4 Å². The Morgan fingerprint density at radius 3 is 2.73 bits per heavy atom. The number of carbonyl (C=O) groups is 1. The lowest BCUT2D eigenvalue weighted by Crippen LogP contribution is -2.60. The smallest absolute Gasteiger partial charge is 0.336 e. The number of benzene rings is 1. The van der Waals surface area contributed by atoms with Crippen LogP contribution in [-0.4, -0.2) is 42.7 Å². The largest absolute Gasteiger partial charge is 0.491 e. The molecule has 4 nitrogen and oxygen atoms in total. The van der Waals surface area contributed by atoms with Crippen molar-refractivity contribution in [1.82, 2.24) is 0 Å². The Hall–Kier alpha value is -2.56. The third-order valence-corrected chi connectivity index (χ3v) is 9.48. The summed E-state index contributed by atoms with van der Waals surface area (Å²) in [5.41, 5.74) is 0.428. The van der Waals surface area contributed by atoms with Crippen LogP contribution in [0.2, 0.25) is 0 Å². The van der Waals surface area contributed by atoms with Crippen LogP contribution in [-0.2, 0) is 9.53 Å². The fraction of sp³-hybridized carbons (Fsp3) is 0.567. The van der Waals surface area contributed by atoms with E-state index in [1.807, 2.05) is 0 Å². The van der Waals surface area contributed by atoms with Crippen molar-refractivity contribution in [2.24, 2.45) is 17.3 Å². The van der Waals surface area contributed by atoms with Gasteiger partial charge in [-0.2, -0.15) is 8.78 Å². The number of rotatable bonds is 6. The number of fused-ring (bicyclic) bond motifs is 4. The molecule has 5 atom stereocenters. The fourth-order valence-electron chi connectivity index (χ4n) is 7.74. The standard InChI is InChI=1S/C30H33F3O4/c1-4-30(32,33)29(35)12-11-25-23-8-5-18-15-20(34)7-10-21(18)27(23)24(17-28(25,29)2)22-9-6-19(31)16-26(22)37-14-13-36-3/h1,6,9,15-16,23-25,35H,5,7-8,10-14,17H2,2-3H3/t23?,24-,25?,28+,29+/m1/s1. The molecule has 5 rings (SSSR count). The van der Waals surface area contributed by atoms with Gasteiger partial charge in [0.15, 0.2) is 5.78 Å². The van der Waals surface area contributed by atoms with Crippen molar-refractivity contribution < 1.29 is 32.5 Å². The first-order chi connectivity index (χ1) is 17.6. The summed E-state index contributed by atoms with van der Waals surface area (Å²) in [5, 5.41) is 11.6. The zero-order chi connectivity index (χ0) is 26.6. The van der Waals surface area contributed by atoms with Gasteiger partial charge in [0.05, 0.1) is 6.61 Å². The number of ketones is 1. The molecule has 2 unspecified atom stereocenters. The highest BCUT2D eigenvalue weighted by molar-refractivity contribution is 5.93. The van der Waals surface area contributed by atoms with Crippen molar-refractivity contribution in [3.05, 3.63) is 52.4 Å². The number of hydrogen-bond donors (Lipinski definition) is 1. The van der Waals surface area contributed by atoms with E-state index in [4.69, 9.17) is 15.9 Å². The molecule has 0 amide bonds. The van der Waals surface area contributed by atoms with E-state index in [1.165, 1.54) is 12.1 Å². The summed E-state index contributed by atoms with van der Waals surface area (Å²) in [4.78, 5) is 12.2. The Labute approximate surface area is 215 Å². The number of alkyl halides is 2. The van der Waals surface area contributed by atoms with Gasteiger partial charge in [-0.3, -0.25) is 4.79 Å². The first kappa shape index (κ1) is 26.1. The molecule has 4 aliphatic carbocycles. The van der Waals surface area contributed by atoms with E-state index in [-0.39, 0.29) is 37.1 Å². The van der Waals surface area contributed by atoms with Crippen molar-refractivity contribution in [2.45, 2.75) is 69.3 Å². The lowest BCUT2D eigenvalue weighted by molar-refractivity contribution is -0.209. The second-order valence-electron chi connectivity index (χ2n) is 11.1. The molecule has 0 aliphatic heterocycles. The van der Waals surface area contributed by atoms with E-state index >= 15 is 8.78 Å². The van der Waals surface area contributed by atoms with Gasteiger partial charge in [0.25, 0.3) is 0 Å². The maximum Gasteiger partial charge on any atom is 0.336 e. The van der Waals surface area contributed by atoms with Crippen LogP contribution in [0.25, 0.3) is 0 Å². The number of carbonyl (C=O) groups excluding carboxylic acids is 1. The van der Waals surface area contributed by atoms with E-state index in [1.54, 1.807) is 32.1 Å². The minimum atomic E-state index is -3.69. The molecule has 2 saturated carbocycles. The third-order valence-electron chi connectivity index (χ3n) is 9.48. The number of halogens is 3. The van der Waals surface area contributed by atoms with Crippen molar-refractivity contribution in [1.29, 1.82) is 0 Å². The summed E-state index contributed by atoms with van der Waals surface area (Å²) >= 11 is 0. The summed E-state index contributed by atoms with van der Waals surface area (Å²) in [6.07, 6.45) is 9.96. The van der Waals surface area contributed by atoms with Gasteiger partial charge in [0, 0.05) is 36.5 Å². The van der Waals surface area contributed by atoms with Gasteiger partial charge in [-0.25, -0.2) is 4.39 Å². The summed E-state index contributed by atoms with van der Waals surface area (Å²) in [6, 6.07) is 4.34. The lowest BCUT2D eigenvalue weighted by Gasteiger charge is -2.55. The van der Waals surface area contributed by atoms with E-state index in [0.717, 1.165) is 16.7 Å². The van der Waals surface area contributed by atoms with Crippen molar-refractivity contribution >= 4 is 5.78 Å². The summed E-state index contributed by atoms with van der Waals surface area (Å²) in [7, 11) is 1.54. The van der Waals surface area contributed by atoms with Crippen LogP contribution in [0.4, 0.5) is 13.2 Å². The summed E-state index contributed by atoms with van der Waals surface area (Å²) in [5.74, 6) is -2.77. The fourth-order valence-corrected chi connectivity index (χ4v) is 7.74. The average Bonchev–Trinajstić information content (AvgIpc) is 3.15. The second kappa shape index (κ2) is 9.32. The molecular weight excluding hydrogens is 481 g/mol. The normalized spacial score (nSPS) is 33.3. The zero-order valence-corrected chi connectivity index (χ0v) is 21.3. The van der Waals surface area contributed by atoms with Gasteiger partial charge in [-0.15, -0.1) is 6.42 Å². The molecule has 1 aromatic carbocycles. The van der Waals surface area contributed by atoms with E-state index in [0.29, 0.717) is 50.0 Å². The minimum Gasteiger partial charge on any atom is -0.491 e. The maximum atomic E-state index is 15.2. The van der Waals surface area contributed by atoms with Gasteiger partial charge in [0.2, 0.25) is 0 Å². The molecular formula is C30H33F3O4. The highest BCUT2D eigenvalue weighted by atomic mass is 19.3. The van der Waals surface area contributed by atoms with Crippen molar-refractivity contribution in [3.63, 3.8) is 0 Å². The molecule has 37 heavy (non-hydrogen) atoms. The minimum absolute atomic E-state index is 0.0522. The molecule has 4 aliphatic rings. The molecule has 0 spiro atoms. The molecule has 0 saturated heterocycles. The Morgan fingerprint density at radius 1 is 1.22 bits per heavy atom. The Balaban J connectivity index is 1.70. The molecule has 0 radical (unpaired) electrons. The quantitative estimate of drug-likeness (QED) is 0.388. The monoisotopic (exact) mass is 514 g/mol. The van der Waals surface area contributed by atoms with Gasteiger partial charge >= 0.3 is 5.92 Å². The van der Waals surface area contributed by atoms with Crippen LogP contribution in [0.15, 0.2) is 41.0 Å².